The number of carbonyl (C=O) groups is 1. The van der Waals surface area contributed by atoms with E-state index in [9.17, 15) is 4.79 Å². The number of hydrogen-bond donors (Lipinski definition) is 0. The Kier molecular flexibility index (Phi) is 21.6. The van der Waals surface area contributed by atoms with Crippen LogP contribution < -0.4 is 0 Å². The molecule has 0 fully saturated rings. The molecule has 0 radical (unpaired) electrons. The average molecular weight is 371 g/mol. The molecular formula is C25H38O2. The first kappa shape index (κ1) is 29.3. The van der Waals surface area contributed by atoms with E-state index in [2.05, 4.69) is 53.3 Å². The van der Waals surface area contributed by atoms with Gasteiger partial charge in [-0.25, -0.2) is 0 Å². The van der Waals surface area contributed by atoms with Crippen molar-refractivity contribution in [3.8, 4) is 0 Å². The Bertz CT molecular complexity index is 583. The van der Waals surface area contributed by atoms with Gasteiger partial charge in [-0.15, -0.1) is 6.58 Å². The molecular weight excluding hydrogens is 332 g/mol. The minimum atomic E-state index is 0.513. The summed E-state index contributed by atoms with van der Waals surface area (Å²) in [6.07, 6.45) is 10.3. The Balaban J connectivity index is -0.000000604. The minimum Gasteiger partial charge on any atom is -0.380 e. The van der Waals surface area contributed by atoms with E-state index >= 15 is 0 Å². The van der Waals surface area contributed by atoms with E-state index in [1.54, 1.807) is 20.1 Å². The van der Waals surface area contributed by atoms with Crippen molar-refractivity contribution in [2.75, 3.05) is 13.7 Å². The molecule has 0 heterocycles. The van der Waals surface area contributed by atoms with Crippen LogP contribution in [0.4, 0.5) is 0 Å². The third-order valence-corrected chi connectivity index (χ3v) is 3.08. The van der Waals surface area contributed by atoms with Crippen LogP contribution in [-0.4, -0.2) is 20.0 Å². The number of aldehydes is 1. The molecule has 0 saturated heterocycles. The number of carbonyl (C=O) groups excluding carboxylic acids is 1. The first-order valence-electron chi connectivity index (χ1n) is 8.94. The second-order valence-corrected chi connectivity index (χ2v) is 5.84. The zero-order valence-corrected chi connectivity index (χ0v) is 18.1. The van der Waals surface area contributed by atoms with Crippen molar-refractivity contribution in [1.82, 2.24) is 0 Å². The van der Waals surface area contributed by atoms with E-state index in [0.29, 0.717) is 12.2 Å². The predicted octanol–water partition coefficient (Wildman–Crippen LogP) is 7.11. The van der Waals surface area contributed by atoms with Gasteiger partial charge in [-0.1, -0.05) is 82.2 Å². The van der Waals surface area contributed by atoms with E-state index < -0.39 is 0 Å². The smallest absolute Gasteiger partial charge is 0.145 e. The maximum atomic E-state index is 9.41. The van der Waals surface area contributed by atoms with E-state index in [-0.39, 0.29) is 0 Å². The molecule has 2 nitrogen and oxygen atoms in total. The lowest BCUT2D eigenvalue weighted by molar-refractivity contribution is -0.104. The van der Waals surface area contributed by atoms with Gasteiger partial charge in [0.2, 0.25) is 0 Å². The highest BCUT2D eigenvalue weighted by Gasteiger charge is 2.05. The highest BCUT2D eigenvalue weighted by molar-refractivity contribution is 5.70. The van der Waals surface area contributed by atoms with Crippen molar-refractivity contribution in [3.05, 3.63) is 97.2 Å². The summed E-state index contributed by atoms with van der Waals surface area (Å²) in [5.74, 6) is 0. The van der Waals surface area contributed by atoms with Crippen LogP contribution in [0, 0.1) is 0 Å². The zero-order chi connectivity index (χ0) is 21.8. The molecule has 0 spiro atoms. The molecule has 0 aromatic heterocycles. The lowest BCUT2D eigenvalue weighted by Crippen LogP contribution is -1.99. The van der Waals surface area contributed by atoms with Gasteiger partial charge in [-0.2, -0.15) is 0 Å². The molecule has 0 amide bonds. The molecule has 27 heavy (non-hydrogen) atoms. The summed E-state index contributed by atoms with van der Waals surface area (Å²) in [4.78, 5) is 9.41. The summed E-state index contributed by atoms with van der Waals surface area (Å²) >= 11 is 0. The number of allylic oxidation sites excluding steroid dienone is 8. The van der Waals surface area contributed by atoms with E-state index in [1.807, 2.05) is 25.2 Å². The molecule has 0 saturated carbocycles. The quantitative estimate of drug-likeness (QED) is 0.177. The maximum Gasteiger partial charge on any atom is 0.145 e. The van der Waals surface area contributed by atoms with Crippen molar-refractivity contribution < 1.29 is 9.53 Å². The topological polar surface area (TPSA) is 26.3 Å². The van der Waals surface area contributed by atoms with Gasteiger partial charge >= 0.3 is 0 Å². The molecule has 0 unspecified atom stereocenters. The highest BCUT2D eigenvalue weighted by atomic mass is 16.5. The van der Waals surface area contributed by atoms with Crippen molar-refractivity contribution in [2.45, 2.75) is 40.5 Å². The summed E-state index contributed by atoms with van der Waals surface area (Å²) in [6, 6.07) is 0. The standard InChI is InChI=1S/C18H26O.C4H6O.C3H6/c1-8-14(3)10-11-16(5)17(6)18(13-19-7)12-15(4)9-2;1-4(2)3-5;1-3-2/h10-12H,3-6,8-9,13H2,1-2,7H3;3H,1H2,2H3;3H,1H2,2H3/b11-10-,18-12-;;. The third-order valence-electron chi connectivity index (χ3n) is 3.08. The normalized spacial score (nSPS) is 9.89. The Labute approximate surface area is 167 Å². The lowest BCUT2D eigenvalue weighted by Gasteiger charge is -2.11. The van der Waals surface area contributed by atoms with E-state index in [0.717, 1.165) is 47.0 Å². The third kappa shape index (κ3) is 19.7. The maximum absolute atomic E-state index is 9.41. The van der Waals surface area contributed by atoms with E-state index in [4.69, 9.17) is 4.74 Å². The van der Waals surface area contributed by atoms with Crippen molar-refractivity contribution in [1.29, 1.82) is 0 Å². The Morgan fingerprint density at radius 2 is 1.41 bits per heavy atom. The number of hydrogen-bond acceptors (Lipinski definition) is 2. The van der Waals surface area contributed by atoms with Crippen LogP contribution >= 0.6 is 0 Å². The average Bonchev–Trinajstić information content (AvgIpc) is 2.65. The molecule has 2 heteroatoms. The minimum absolute atomic E-state index is 0.513. The predicted molar refractivity (Wildman–Crippen MR) is 123 cm³/mol. The summed E-state index contributed by atoms with van der Waals surface area (Å²) < 4.78 is 5.21. The Hall–Kier alpha value is -2.45. The molecule has 0 atom stereocenters. The highest BCUT2D eigenvalue weighted by Crippen LogP contribution is 2.20. The van der Waals surface area contributed by atoms with Gasteiger partial charge in [0, 0.05) is 7.11 Å². The summed E-state index contributed by atoms with van der Waals surface area (Å²) in [7, 11) is 1.67. The van der Waals surface area contributed by atoms with Crippen LogP contribution in [0.2, 0.25) is 0 Å². The second kappa shape index (κ2) is 19.9. The van der Waals surface area contributed by atoms with Gasteiger partial charge in [0.15, 0.2) is 0 Å². The fourth-order valence-corrected chi connectivity index (χ4v) is 1.36. The first-order valence-corrected chi connectivity index (χ1v) is 8.94. The van der Waals surface area contributed by atoms with Gasteiger partial charge in [-0.3, -0.25) is 4.79 Å². The van der Waals surface area contributed by atoms with Crippen LogP contribution in [0.3, 0.4) is 0 Å². The van der Waals surface area contributed by atoms with E-state index in [1.165, 1.54) is 0 Å². The van der Waals surface area contributed by atoms with Gasteiger partial charge in [0.25, 0.3) is 0 Å². The molecule has 0 aliphatic heterocycles. The SMILES string of the molecule is C=C(/C=C\C(=C)C(=C)/C(=C\C(=C)CC)COC)CC.C=C(C)C=O.C=CC. The van der Waals surface area contributed by atoms with Gasteiger partial charge in [0.1, 0.15) is 6.29 Å². The summed E-state index contributed by atoms with van der Waals surface area (Å²) in [5, 5.41) is 0. The Morgan fingerprint density at radius 1 is 0.963 bits per heavy atom. The molecule has 150 valence electrons. The van der Waals surface area contributed by atoms with Crippen LogP contribution in [0.1, 0.15) is 40.5 Å². The second-order valence-electron chi connectivity index (χ2n) is 5.84. The summed E-state index contributed by atoms with van der Waals surface area (Å²) in [5.41, 5.74) is 5.49. The Morgan fingerprint density at radius 3 is 1.74 bits per heavy atom. The molecule has 0 aliphatic carbocycles. The van der Waals surface area contributed by atoms with Crippen molar-refractivity contribution in [2.24, 2.45) is 0 Å². The molecule has 0 N–H and O–H groups in total. The van der Waals surface area contributed by atoms with Crippen molar-refractivity contribution in [3.63, 3.8) is 0 Å². The molecule has 0 rings (SSSR count). The molecule has 0 aromatic rings. The molecule has 0 aromatic carbocycles. The van der Waals surface area contributed by atoms with Gasteiger partial charge < -0.3 is 4.74 Å². The zero-order valence-electron chi connectivity index (χ0n) is 18.1. The van der Waals surface area contributed by atoms with Gasteiger partial charge in [-0.05, 0) is 49.0 Å². The number of methoxy groups -OCH3 is 1. The first-order chi connectivity index (χ1) is 12.6. The fourth-order valence-electron chi connectivity index (χ4n) is 1.36. The largest absolute Gasteiger partial charge is 0.380 e. The monoisotopic (exact) mass is 370 g/mol. The van der Waals surface area contributed by atoms with Crippen molar-refractivity contribution >= 4 is 6.29 Å². The van der Waals surface area contributed by atoms with Crippen LogP contribution in [0.5, 0.6) is 0 Å². The molecule has 0 bridgehead atoms. The van der Waals surface area contributed by atoms with Gasteiger partial charge in [0.05, 0.1) is 6.61 Å². The molecule has 0 aliphatic rings. The van der Waals surface area contributed by atoms with Crippen LogP contribution in [0.25, 0.3) is 0 Å². The summed E-state index contributed by atoms with van der Waals surface area (Å²) in [6.45, 7) is 30.9. The number of rotatable bonds is 10. The van der Waals surface area contributed by atoms with Crippen LogP contribution in [-0.2, 0) is 9.53 Å². The number of ether oxygens (including phenoxy) is 1. The lowest BCUT2D eigenvalue weighted by atomic mass is 9.98. The van der Waals surface area contributed by atoms with Crippen LogP contribution in [0.15, 0.2) is 97.2 Å². The fraction of sp³-hybridized carbons (Fsp3) is 0.320.